The SMILES string of the molecule is C=CCn1c(C)nnc1SCc1cc(=O)oc2cc(CC)c(Cl)cc12. The Bertz CT molecular complexity index is 994. The molecular weight excluding hydrogens is 358 g/mol. The van der Waals surface area contributed by atoms with Gasteiger partial charge in [0.05, 0.1) is 0 Å². The van der Waals surface area contributed by atoms with E-state index < -0.39 is 0 Å². The molecule has 0 bridgehead atoms. The lowest BCUT2D eigenvalue weighted by atomic mass is 10.1. The third kappa shape index (κ3) is 3.65. The predicted octanol–water partition coefficient (Wildman–Crippen LogP) is 4.39. The van der Waals surface area contributed by atoms with Crippen LogP contribution >= 0.6 is 23.4 Å². The van der Waals surface area contributed by atoms with Gasteiger partial charge in [0.25, 0.3) is 0 Å². The van der Waals surface area contributed by atoms with Gasteiger partial charge in [-0.2, -0.15) is 0 Å². The van der Waals surface area contributed by atoms with Crippen LogP contribution in [0.3, 0.4) is 0 Å². The molecule has 0 saturated heterocycles. The van der Waals surface area contributed by atoms with Gasteiger partial charge in [-0.3, -0.25) is 0 Å². The van der Waals surface area contributed by atoms with Crippen molar-refractivity contribution in [1.29, 1.82) is 0 Å². The predicted molar refractivity (Wildman–Crippen MR) is 101 cm³/mol. The van der Waals surface area contributed by atoms with Crippen molar-refractivity contribution in [3.05, 3.63) is 63.2 Å². The molecule has 2 heterocycles. The Morgan fingerprint density at radius 1 is 1.32 bits per heavy atom. The second-order valence-corrected chi connectivity index (χ2v) is 6.95. The molecule has 0 radical (unpaired) electrons. The second kappa shape index (κ2) is 7.45. The first-order chi connectivity index (χ1) is 12.0. The van der Waals surface area contributed by atoms with Crippen molar-refractivity contribution in [2.24, 2.45) is 0 Å². The average molecular weight is 376 g/mol. The number of benzene rings is 1. The van der Waals surface area contributed by atoms with Crippen molar-refractivity contribution in [3.8, 4) is 0 Å². The van der Waals surface area contributed by atoms with E-state index in [-0.39, 0.29) is 5.63 Å². The molecule has 0 amide bonds. The largest absolute Gasteiger partial charge is 0.423 e. The number of thioether (sulfide) groups is 1. The summed E-state index contributed by atoms with van der Waals surface area (Å²) < 4.78 is 7.33. The van der Waals surface area contributed by atoms with Gasteiger partial charge in [0.2, 0.25) is 0 Å². The van der Waals surface area contributed by atoms with Gasteiger partial charge in [-0.15, -0.1) is 16.8 Å². The Hall–Kier alpha value is -2.05. The van der Waals surface area contributed by atoms with E-state index in [4.69, 9.17) is 16.0 Å². The van der Waals surface area contributed by atoms with Gasteiger partial charge in [0, 0.05) is 28.8 Å². The molecule has 130 valence electrons. The monoisotopic (exact) mass is 375 g/mol. The van der Waals surface area contributed by atoms with Crippen molar-refractivity contribution in [2.45, 2.75) is 37.7 Å². The summed E-state index contributed by atoms with van der Waals surface area (Å²) in [4.78, 5) is 11.9. The van der Waals surface area contributed by atoms with Crippen molar-refractivity contribution in [3.63, 3.8) is 0 Å². The van der Waals surface area contributed by atoms with Gasteiger partial charge in [-0.05, 0) is 36.6 Å². The second-order valence-electron chi connectivity index (χ2n) is 5.60. The summed E-state index contributed by atoms with van der Waals surface area (Å²) in [5, 5.41) is 10.6. The van der Waals surface area contributed by atoms with E-state index in [9.17, 15) is 4.79 Å². The molecule has 5 nitrogen and oxygen atoms in total. The zero-order valence-corrected chi connectivity index (χ0v) is 15.7. The van der Waals surface area contributed by atoms with Gasteiger partial charge in [0.15, 0.2) is 5.16 Å². The highest BCUT2D eigenvalue weighted by Crippen LogP contribution is 2.29. The number of aromatic nitrogens is 3. The summed E-state index contributed by atoms with van der Waals surface area (Å²) in [5.41, 5.74) is 2.03. The Labute approximate surface area is 154 Å². The van der Waals surface area contributed by atoms with Crippen molar-refractivity contribution < 1.29 is 4.42 Å². The van der Waals surface area contributed by atoms with E-state index in [2.05, 4.69) is 16.8 Å². The number of allylic oxidation sites excluding steroid dienone is 1. The lowest BCUT2D eigenvalue weighted by Crippen LogP contribution is -2.02. The van der Waals surface area contributed by atoms with Crippen molar-refractivity contribution in [2.75, 3.05) is 0 Å². The highest BCUT2D eigenvalue weighted by atomic mass is 35.5. The maximum absolute atomic E-state index is 11.9. The van der Waals surface area contributed by atoms with Crippen LogP contribution in [0.15, 0.2) is 45.2 Å². The van der Waals surface area contributed by atoms with Gasteiger partial charge < -0.3 is 8.98 Å². The van der Waals surface area contributed by atoms with Crippen LogP contribution in [-0.4, -0.2) is 14.8 Å². The van der Waals surface area contributed by atoms with E-state index in [1.165, 1.54) is 17.8 Å². The Morgan fingerprint density at radius 3 is 2.84 bits per heavy atom. The number of hydrogen-bond donors (Lipinski definition) is 0. The summed E-state index contributed by atoms with van der Waals surface area (Å²) in [5.74, 6) is 1.40. The zero-order chi connectivity index (χ0) is 18.0. The van der Waals surface area contributed by atoms with Crippen LogP contribution in [0, 0.1) is 6.92 Å². The van der Waals surface area contributed by atoms with E-state index in [0.29, 0.717) is 22.9 Å². The van der Waals surface area contributed by atoms with Crippen molar-refractivity contribution in [1.82, 2.24) is 14.8 Å². The lowest BCUT2D eigenvalue weighted by molar-refractivity contribution is 0.559. The van der Waals surface area contributed by atoms with Gasteiger partial charge >= 0.3 is 5.63 Å². The third-order valence-electron chi connectivity index (χ3n) is 3.95. The van der Waals surface area contributed by atoms with Crippen molar-refractivity contribution >= 4 is 34.3 Å². The molecular formula is C18H18ClN3O2S. The topological polar surface area (TPSA) is 60.9 Å². The van der Waals surface area contributed by atoms with Gasteiger partial charge in [-0.1, -0.05) is 36.4 Å². The van der Waals surface area contributed by atoms with Crippen LogP contribution in [0.5, 0.6) is 0 Å². The fraction of sp³-hybridized carbons (Fsp3) is 0.278. The highest BCUT2D eigenvalue weighted by molar-refractivity contribution is 7.98. The fourth-order valence-electron chi connectivity index (χ4n) is 2.63. The lowest BCUT2D eigenvalue weighted by Gasteiger charge is -2.09. The van der Waals surface area contributed by atoms with Gasteiger partial charge in [0.1, 0.15) is 11.4 Å². The minimum Gasteiger partial charge on any atom is -0.423 e. The summed E-state index contributed by atoms with van der Waals surface area (Å²) in [6, 6.07) is 5.23. The smallest absolute Gasteiger partial charge is 0.336 e. The molecule has 0 spiro atoms. The van der Waals surface area contributed by atoms with Crippen LogP contribution in [0.25, 0.3) is 11.0 Å². The third-order valence-corrected chi connectivity index (χ3v) is 5.32. The van der Waals surface area contributed by atoms with E-state index >= 15 is 0 Å². The minimum atomic E-state index is -0.365. The van der Waals surface area contributed by atoms with Gasteiger partial charge in [-0.25, -0.2) is 4.79 Å². The van der Waals surface area contributed by atoms with Crippen LogP contribution in [0.2, 0.25) is 5.02 Å². The van der Waals surface area contributed by atoms with Crippen LogP contribution in [0.1, 0.15) is 23.9 Å². The molecule has 0 aliphatic rings. The first-order valence-electron chi connectivity index (χ1n) is 7.92. The fourth-order valence-corrected chi connectivity index (χ4v) is 3.91. The molecule has 0 aliphatic carbocycles. The quantitative estimate of drug-likeness (QED) is 0.363. The standard InChI is InChI=1S/C18H18ClN3O2S/c1-4-6-22-11(3)20-21-18(22)25-10-13-8-17(23)24-16-7-12(5-2)15(19)9-14(13)16/h4,7-9H,1,5-6,10H2,2-3H3. The van der Waals surface area contributed by atoms with Crippen LogP contribution in [-0.2, 0) is 18.7 Å². The Balaban J connectivity index is 1.97. The Morgan fingerprint density at radius 2 is 2.12 bits per heavy atom. The molecule has 25 heavy (non-hydrogen) atoms. The first-order valence-corrected chi connectivity index (χ1v) is 9.28. The van der Waals surface area contributed by atoms with E-state index in [1.807, 2.05) is 30.5 Å². The zero-order valence-electron chi connectivity index (χ0n) is 14.1. The van der Waals surface area contributed by atoms with E-state index in [1.54, 1.807) is 6.08 Å². The van der Waals surface area contributed by atoms with Crippen LogP contribution in [0.4, 0.5) is 0 Å². The molecule has 1 aromatic carbocycles. The molecule has 3 aromatic rings. The highest BCUT2D eigenvalue weighted by Gasteiger charge is 2.13. The molecule has 0 aliphatic heterocycles. The summed E-state index contributed by atoms with van der Waals surface area (Å²) >= 11 is 7.86. The molecule has 0 fully saturated rings. The molecule has 0 N–H and O–H groups in total. The summed E-state index contributed by atoms with van der Waals surface area (Å²) in [6.07, 6.45) is 2.58. The number of nitrogens with zero attached hydrogens (tertiary/aromatic N) is 3. The molecule has 7 heteroatoms. The van der Waals surface area contributed by atoms with Crippen LogP contribution < -0.4 is 5.63 Å². The molecule has 3 rings (SSSR count). The molecule has 0 unspecified atom stereocenters. The number of hydrogen-bond acceptors (Lipinski definition) is 5. The maximum Gasteiger partial charge on any atom is 0.336 e. The number of aryl methyl sites for hydroxylation is 2. The number of rotatable bonds is 6. The normalized spacial score (nSPS) is 11.2. The number of fused-ring (bicyclic) bond motifs is 1. The first kappa shape index (κ1) is 17.8. The maximum atomic E-state index is 11.9. The molecule has 2 aromatic heterocycles. The van der Waals surface area contributed by atoms with E-state index in [0.717, 1.165) is 33.9 Å². The summed E-state index contributed by atoms with van der Waals surface area (Å²) in [6.45, 7) is 8.32. The average Bonchev–Trinajstić information content (AvgIpc) is 2.93. The Kier molecular flexibility index (Phi) is 5.30. The minimum absolute atomic E-state index is 0.365. The number of halogens is 1. The molecule has 0 saturated carbocycles. The molecule has 0 atom stereocenters. The summed E-state index contributed by atoms with van der Waals surface area (Å²) in [7, 11) is 0.